The summed E-state index contributed by atoms with van der Waals surface area (Å²) in [5.41, 5.74) is 2.57. The molecule has 0 saturated heterocycles. The largest absolute Gasteiger partial charge is 0.380 e. The Hall–Kier alpha value is -1.16. The van der Waals surface area contributed by atoms with E-state index in [1.54, 1.807) is 7.11 Å². The normalized spacial score (nSPS) is 12.6. The summed E-state index contributed by atoms with van der Waals surface area (Å²) in [5.74, 6) is 0. The summed E-state index contributed by atoms with van der Waals surface area (Å²) in [7, 11) is 1.74. The van der Waals surface area contributed by atoms with E-state index in [0.29, 0.717) is 12.6 Å². The fourth-order valence-electron chi connectivity index (χ4n) is 2.21. The molecule has 0 spiro atoms. The van der Waals surface area contributed by atoms with Gasteiger partial charge in [0.1, 0.15) is 0 Å². The second-order valence-electron chi connectivity index (χ2n) is 4.96. The van der Waals surface area contributed by atoms with Gasteiger partial charge in [0.15, 0.2) is 0 Å². The molecule has 2 nitrogen and oxygen atoms in total. The predicted octanol–water partition coefficient (Wildman–Crippen LogP) is 4.31. The zero-order chi connectivity index (χ0) is 14.4. The minimum absolute atomic E-state index is 0.385. The minimum Gasteiger partial charge on any atom is -0.380 e. The van der Waals surface area contributed by atoms with Gasteiger partial charge in [0.2, 0.25) is 0 Å². The molecule has 1 heterocycles. The van der Waals surface area contributed by atoms with Gasteiger partial charge in [-0.2, -0.15) is 0 Å². The van der Waals surface area contributed by atoms with Crippen molar-refractivity contribution in [3.05, 3.63) is 57.3 Å². The number of ether oxygens (including phenoxy) is 1. The summed E-state index contributed by atoms with van der Waals surface area (Å²) in [6, 6.07) is 13.3. The average molecular weight is 289 g/mol. The van der Waals surface area contributed by atoms with Crippen molar-refractivity contribution < 1.29 is 4.74 Å². The first kappa shape index (κ1) is 15.2. The van der Waals surface area contributed by atoms with Gasteiger partial charge in [0.05, 0.1) is 6.61 Å². The van der Waals surface area contributed by atoms with E-state index >= 15 is 0 Å². The average Bonchev–Trinajstić information content (AvgIpc) is 2.95. The molecule has 0 aliphatic heterocycles. The Morgan fingerprint density at radius 3 is 2.55 bits per heavy atom. The van der Waals surface area contributed by atoms with Gasteiger partial charge in [0.25, 0.3) is 0 Å². The number of thiophene rings is 1. The molecule has 1 unspecified atom stereocenters. The van der Waals surface area contributed by atoms with Crippen LogP contribution in [0.25, 0.3) is 0 Å². The topological polar surface area (TPSA) is 21.3 Å². The lowest BCUT2D eigenvalue weighted by Gasteiger charge is -2.14. The van der Waals surface area contributed by atoms with Crippen LogP contribution in [0.4, 0.5) is 0 Å². The molecule has 1 aromatic carbocycles. The summed E-state index contributed by atoms with van der Waals surface area (Å²) in [5, 5.41) is 3.61. The lowest BCUT2D eigenvalue weighted by atomic mass is 10.1. The molecule has 20 heavy (non-hydrogen) atoms. The number of hydrogen-bond acceptors (Lipinski definition) is 3. The van der Waals surface area contributed by atoms with Crippen LogP contribution in [0.3, 0.4) is 0 Å². The quantitative estimate of drug-likeness (QED) is 0.820. The van der Waals surface area contributed by atoms with Crippen LogP contribution in [0.15, 0.2) is 36.4 Å². The van der Waals surface area contributed by atoms with Gasteiger partial charge >= 0.3 is 0 Å². The van der Waals surface area contributed by atoms with Crippen LogP contribution in [-0.4, -0.2) is 7.11 Å². The maximum absolute atomic E-state index is 5.25. The zero-order valence-corrected chi connectivity index (χ0v) is 13.3. The standard InChI is InChI=1S/C17H23NOS/c1-4-16-9-10-17(20-16)13(2)18-11-14-7-5-6-8-15(14)12-19-3/h5-10,13,18H,4,11-12H2,1-3H3. The molecule has 0 saturated carbocycles. The van der Waals surface area contributed by atoms with Crippen LogP contribution in [0, 0.1) is 0 Å². The van der Waals surface area contributed by atoms with Gasteiger partial charge in [-0.3, -0.25) is 0 Å². The van der Waals surface area contributed by atoms with Crippen molar-refractivity contribution in [2.75, 3.05) is 7.11 Å². The van der Waals surface area contributed by atoms with E-state index in [2.05, 4.69) is 55.6 Å². The Bertz CT molecular complexity index is 535. The third-order valence-corrected chi connectivity index (χ3v) is 4.89. The molecule has 0 amide bonds. The number of hydrogen-bond donors (Lipinski definition) is 1. The van der Waals surface area contributed by atoms with Crippen molar-refractivity contribution >= 4 is 11.3 Å². The van der Waals surface area contributed by atoms with Gasteiger partial charge in [-0.05, 0) is 36.6 Å². The zero-order valence-electron chi connectivity index (χ0n) is 12.5. The van der Waals surface area contributed by atoms with E-state index in [1.807, 2.05) is 11.3 Å². The molecule has 1 N–H and O–H groups in total. The highest BCUT2D eigenvalue weighted by Crippen LogP contribution is 2.24. The van der Waals surface area contributed by atoms with Crippen LogP contribution in [0.2, 0.25) is 0 Å². The first-order valence-corrected chi connectivity index (χ1v) is 7.94. The fourth-order valence-corrected chi connectivity index (χ4v) is 3.19. The predicted molar refractivity (Wildman–Crippen MR) is 86.1 cm³/mol. The van der Waals surface area contributed by atoms with E-state index in [1.165, 1.54) is 20.9 Å². The molecular weight excluding hydrogens is 266 g/mol. The molecule has 0 fully saturated rings. The number of methoxy groups -OCH3 is 1. The van der Waals surface area contributed by atoms with Crippen molar-refractivity contribution in [3.8, 4) is 0 Å². The Kier molecular flexibility index (Phi) is 5.77. The van der Waals surface area contributed by atoms with Crippen molar-refractivity contribution in [3.63, 3.8) is 0 Å². The van der Waals surface area contributed by atoms with Crippen LogP contribution in [0.1, 0.15) is 40.8 Å². The van der Waals surface area contributed by atoms with Crippen molar-refractivity contribution in [1.82, 2.24) is 5.32 Å². The van der Waals surface area contributed by atoms with Crippen LogP contribution >= 0.6 is 11.3 Å². The van der Waals surface area contributed by atoms with E-state index in [9.17, 15) is 0 Å². The molecule has 108 valence electrons. The molecule has 0 aliphatic rings. The Morgan fingerprint density at radius 2 is 1.90 bits per heavy atom. The van der Waals surface area contributed by atoms with Crippen molar-refractivity contribution in [2.24, 2.45) is 0 Å². The summed E-state index contributed by atoms with van der Waals surface area (Å²) in [6.07, 6.45) is 1.12. The van der Waals surface area contributed by atoms with E-state index < -0.39 is 0 Å². The summed E-state index contributed by atoms with van der Waals surface area (Å²) >= 11 is 1.90. The fraction of sp³-hybridized carbons (Fsp3) is 0.412. The molecule has 1 aromatic heterocycles. The smallest absolute Gasteiger partial charge is 0.0716 e. The molecule has 2 rings (SSSR count). The van der Waals surface area contributed by atoms with E-state index in [0.717, 1.165) is 13.0 Å². The molecule has 0 bridgehead atoms. The van der Waals surface area contributed by atoms with E-state index in [4.69, 9.17) is 4.74 Å². The lowest BCUT2D eigenvalue weighted by Crippen LogP contribution is -2.18. The highest BCUT2D eigenvalue weighted by atomic mass is 32.1. The number of benzene rings is 1. The van der Waals surface area contributed by atoms with Gasteiger partial charge in [-0.1, -0.05) is 31.2 Å². The maximum atomic E-state index is 5.25. The second-order valence-corrected chi connectivity index (χ2v) is 6.16. The Balaban J connectivity index is 1.97. The number of rotatable bonds is 7. The highest BCUT2D eigenvalue weighted by Gasteiger charge is 2.09. The Labute approximate surface area is 125 Å². The first-order chi connectivity index (χ1) is 9.74. The molecule has 3 heteroatoms. The molecule has 0 aliphatic carbocycles. The number of nitrogens with one attached hydrogen (secondary N) is 1. The Morgan fingerprint density at radius 1 is 1.15 bits per heavy atom. The summed E-state index contributed by atoms with van der Waals surface area (Å²) in [6.45, 7) is 5.98. The molecular formula is C17H23NOS. The summed E-state index contributed by atoms with van der Waals surface area (Å²) in [4.78, 5) is 2.86. The van der Waals surface area contributed by atoms with Gasteiger partial charge < -0.3 is 10.1 Å². The lowest BCUT2D eigenvalue weighted by molar-refractivity contribution is 0.184. The minimum atomic E-state index is 0.385. The highest BCUT2D eigenvalue weighted by molar-refractivity contribution is 7.12. The van der Waals surface area contributed by atoms with Gasteiger partial charge in [-0.25, -0.2) is 0 Å². The second kappa shape index (κ2) is 7.58. The molecule has 0 radical (unpaired) electrons. The first-order valence-electron chi connectivity index (χ1n) is 7.12. The molecule has 2 aromatic rings. The third-order valence-electron chi connectivity index (χ3n) is 3.47. The number of aryl methyl sites for hydroxylation is 1. The van der Waals surface area contributed by atoms with Crippen LogP contribution in [0.5, 0.6) is 0 Å². The maximum Gasteiger partial charge on any atom is 0.0716 e. The molecule has 1 atom stereocenters. The van der Waals surface area contributed by atoms with Crippen molar-refractivity contribution in [1.29, 1.82) is 0 Å². The van der Waals surface area contributed by atoms with Crippen LogP contribution in [-0.2, 0) is 24.3 Å². The van der Waals surface area contributed by atoms with Crippen molar-refractivity contribution in [2.45, 2.75) is 39.5 Å². The van der Waals surface area contributed by atoms with E-state index in [-0.39, 0.29) is 0 Å². The van der Waals surface area contributed by atoms with Gasteiger partial charge in [0, 0.05) is 29.5 Å². The summed E-state index contributed by atoms with van der Waals surface area (Å²) < 4.78 is 5.25. The van der Waals surface area contributed by atoms with Crippen LogP contribution < -0.4 is 5.32 Å². The SMILES string of the molecule is CCc1ccc(C(C)NCc2ccccc2COC)s1. The monoisotopic (exact) mass is 289 g/mol. The third kappa shape index (κ3) is 3.92. The van der Waals surface area contributed by atoms with Gasteiger partial charge in [-0.15, -0.1) is 11.3 Å².